The molecule has 8 nitrogen and oxygen atoms in total. The van der Waals surface area contributed by atoms with Gasteiger partial charge in [-0.15, -0.1) is 0 Å². The summed E-state index contributed by atoms with van der Waals surface area (Å²) >= 11 is 0. The number of rotatable bonds is 5. The van der Waals surface area contributed by atoms with Crippen molar-refractivity contribution in [1.29, 1.82) is 5.26 Å². The van der Waals surface area contributed by atoms with E-state index in [0.29, 0.717) is 31.8 Å². The summed E-state index contributed by atoms with van der Waals surface area (Å²) in [5, 5.41) is 14.8. The van der Waals surface area contributed by atoms with Crippen molar-refractivity contribution in [1.82, 2.24) is 29.6 Å². The molecule has 1 saturated carbocycles. The second-order valence-electron chi connectivity index (χ2n) is 7.59. The van der Waals surface area contributed by atoms with Gasteiger partial charge in [0.05, 0.1) is 24.4 Å². The van der Waals surface area contributed by atoms with Gasteiger partial charge in [0.25, 0.3) is 0 Å². The molecular formula is C19H19N7O. The average Bonchev–Trinajstić information content (AvgIpc) is 3.11. The molecule has 1 aliphatic heterocycles. The fourth-order valence-corrected chi connectivity index (χ4v) is 3.83. The largest absolute Gasteiger partial charge is 0.346 e. The first-order chi connectivity index (χ1) is 13.2. The molecule has 5 rings (SSSR count). The van der Waals surface area contributed by atoms with Gasteiger partial charge < -0.3 is 9.88 Å². The SMILES string of the molecule is N#CCC1(n2cc(-c3ncnc4[nH]ccc34)cn2)CN(C(=O)CC2CC2)C1. The van der Waals surface area contributed by atoms with E-state index >= 15 is 0 Å². The molecule has 8 heteroatoms. The minimum atomic E-state index is -0.448. The third-order valence-electron chi connectivity index (χ3n) is 5.59. The predicted octanol–water partition coefficient (Wildman–Crippen LogP) is 2.07. The molecule has 2 fully saturated rings. The lowest BCUT2D eigenvalue weighted by molar-refractivity contribution is -0.142. The molecule has 1 aliphatic carbocycles. The zero-order valence-electron chi connectivity index (χ0n) is 14.8. The first-order valence-electron chi connectivity index (χ1n) is 9.17. The van der Waals surface area contributed by atoms with Crippen LogP contribution in [0, 0.1) is 17.2 Å². The van der Waals surface area contributed by atoms with Crippen LogP contribution in [0.15, 0.2) is 31.0 Å². The molecule has 27 heavy (non-hydrogen) atoms. The molecule has 0 radical (unpaired) electrons. The van der Waals surface area contributed by atoms with Gasteiger partial charge in [-0.1, -0.05) is 0 Å². The lowest BCUT2D eigenvalue weighted by atomic mass is 9.86. The van der Waals surface area contributed by atoms with Gasteiger partial charge >= 0.3 is 0 Å². The van der Waals surface area contributed by atoms with Gasteiger partial charge in [0.15, 0.2) is 0 Å². The second kappa shape index (κ2) is 5.91. The Labute approximate surface area is 155 Å². The molecule has 0 atom stereocenters. The van der Waals surface area contributed by atoms with E-state index in [2.05, 4.69) is 26.1 Å². The lowest BCUT2D eigenvalue weighted by Gasteiger charge is -2.49. The molecular weight excluding hydrogens is 342 g/mol. The lowest BCUT2D eigenvalue weighted by Crippen LogP contribution is -2.64. The molecule has 3 aromatic rings. The molecule has 1 saturated heterocycles. The molecule has 4 heterocycles. The van der Waals surface area contributed by atoms with Crippen molar-refractivity contribution in [3.05, 3.63) is 31.0 Å². The van der Waals surface area contributed by atoms with E-state index in [1.54, 1.807) is 6.20 Å². The van der Waals surface area contributed by atoms with Crippen LogP contribution < -0.4 is 0 Å². The molecule has 0 unspecified atom stereocenters. The number of carbonyl (C=O) groups is 1. The van der Waals surface area contributed by atoms with E-state index in [4.69, 9.17) is 0 Å². The summed E-state index contributed by atoms with van der Waals surface area (Å²) in [6.07, 6.45) is 10.3. The van der Waals surface area contributed by atoms with Crippen LogP contribution in [0.4, 0.5) is 0 Å². The Kier molecular flexibility index (Phi) is 3.50. The summed E-state index contributed by atoms with van der Waals surface area (Å²) in [5.41, 5.74) is 2.01. The summed E-state index contributed by atoms with van der Waals surface area (Å²) < 4.78 is 1.84. The van der Waals surface area contributed by atoms with E-state index in [0.717, 1.165) is 35.1 Å². The number of fused-ring (bicyclic) bond motifs is 1. The standard InChI is InChI=1S/C19H19N7O/c20-5-4-19(10-25(11-19)16(27)7-13-1-2-13)26-9-14(8-24-26)17-15-3-6-21-18(15)23-12-22-17/h3,6,8-9,12-13H,1-2,4,7,10-11H2,(H,21,22,23). The molecule has 0 bridgehead atoms. The molecule has 0 spiro atoms. The molecule has 1 amide bonds. The number of aromatic amines is 1. The van der Waals surface area contributed by atoms with Crippen LogP contribution in [0.25, 0.3) is 22.3 Å². The number of likely N-dealkylation sites (tertiary alicyclic amines) is 1. The van der Waals surface area contributed by atoms with Crippen molar-refractivity contribution in [2.24, 2.45) is 5.92 Å². The Morgan fingerprint density at radius 3 is 3.00 bits per heavy atom. The van der Waals surface area contributed by atoms with E-state index in [1.165, 1.54) is 6.33 Å². The van der Waals surface area contributed by atoms with Crippen molar-refractivity contribution in [3.63, 3.8) is 0 Å². The fraction of sp³-hybridized carbons (Fsp3) is 0.421. The third kappa shape index (κ3) is 2.67. The van der Waals surface area contributed by atoms with E-state index in [-0.39, 0.29) is 5.91 Å². The number of nitrogens with one attached hydrogen (secondary N) is 1. The number of carbonyl (C=O) groups excluding carboxylic acids is 1. The first-order valence-corrected chi connectivity index (χ1v) is 9.17. The van der Waals surface area contributed by atoms with Gasteiger partial charge in [-0.25, -0.2) is 9.97 Å². The molecule has 3 aromatic heterocycles. The van der Waals surface area contributed by atoms with Crippen LogP contribution >= 0.6 is 0 Å². The Bertz CT molecular complexity index is 1050. The average molecular weight is 361 g/mol. The highest BCUT2D eigenvalue weighted by molar-refractivity contribution is 5.90. The zero-order valence-corrected chi connectivity index (χ0v) is 14.8. The van der Waals surface area contributed by atoms with Gasteiger partial charge in [0.2, 0.25) is 5.91 Å². The predicted molar refractivity (Wildman–Crippen MR) is 97.2 cm³/mol. The zero-order chi connectivity index (χ0) is 18.4. The first kappa shape index (κ1) is 16.0. The van der Waals surface area contributed by atoms with Gasteiger partial charge in [0, 0.05) is 42.9 Å². The van der Waals surface area contributed by atoms with E-state index in [9.17, 15) is 10.1 Å². The second-order valence-corrected chi connectivity index (χ2v) is 7.59. The highest BCUT2D eigenvalue weighted by Gasteiger charge is 2.48. The van der Waals surface area contributed by atoms with Crippen molar-refractivity contribution in [2.75, 3.05) is 13.1 Å². The van der Waals surface area contributed by atoms with Crippen molar-refractivity contribution in [3.8, 4) is 17.3 Å². The monoisotopic (exact) mass is 361 g/mol. The van der Waals surface area contributed by atoms with Gasteiger partial charge in [-0.3, -0.25) is 9.48 Å². The fourth-order valence-electron chi connectivity index (χ4n) is 3.83. The Morgan fingerprint density at radius 1 is 1.37 bits per heavy atom. The Morgan fingerprint density at radius 2 is 2.22 bits per heavy atom. The Balaban J connectivity index is 1.41. The summed E-state index contributed by atoms with van der Waals surface area (Å²) in [5.74, 6) is 0.768. The minimum absolute atomic E-state index is 0.197. The maximum Gasteiger partial charge on any atom is 0.223 e. The molecule has 0 aromatic carbocycles. The third-order valence-corrected chi connectivity index (χ3v) is 5.59. The maximum absolute atomic E-state index is 12.3. The van der Waals surface area contributed by atoms with Crippen LogP contribution in [-0.4, -0.2) is 48.6 Å². The molecule has 136 valence electrons. The summed E-state index contributed by atoms with van der Waals surface area (Å²) in [7, 11) is 0. The maximum atomic E-state index is 12.3. The van der Waals surface area contributed by atoms with Crippen molar-refractivity contribution >= 4 is 16.9 Å². The topological polar surface area (TPSA) is 103 Å². The van der Waals surface area contributed by atoms with E-state index in [1.807, 2.05) is 28.0 Å². The van der Waals surface area contributed by atoms with Crippen LogP contribution in [-0.2, 0) is 10.3 Å². The molecule has 1 N–H and O–H groups in total. The summed E-state index contributed by atoms with van der Waals surface area (Å²) in [6.45, 7) is 1.08. The van der Waals surface area contributed by atoms with Gasteiger partial charge in [-0.2, -0.15) is 10.4 Å². The van der Waals surface area contributed by atoms with Gasteiger partial charge in [-0.05, 0) is 24.8 Å². The molecule has 2 aliphatic rings. The number of hydrogen-bond acceptors (Lipinski definition) is 5. The normalized spacial score (nSPS) is 18.3. The van der Waals surface area contributed by atoms with Crippen LogP contribution in [0.1, 0.15) is 25.7 Å². The number of nitrogens with zero attached hydrogens (tertiary/aromatic N) is 6. The number of aromatic nitrogens is 5. The number of amides is 1. The van der Waals surface area contributed by atoms with Crippen molar-refractivity contribution in [2.45, 2.75) is 31.2 Å². The highest BCUT2D eigenvalue weighted by atomic mass is 16.2. The summed E-state index contributed by atoms with van der Waals surface area (Å²) in [6, 6.07) is 4.21. The van der Waals surface area contributed by atoms with Crippen LogP contribution in [0.3, 0.4) is 0 Å². The highest BCUT2D eigenvalue weighted by Crippen LogP contribution is 2.37. The summed E-state index contributed by atoms with van der Waals surface area (Å²) in [4.78, 5) is 25.9. The van der Waals surface area contributed by atoms with Crippen LogP contribution in [0.2, 0.25) is 0 Å². The number of nitriles is 1. The van der Waals surface area contributed by atoms with Crippen LogP contribution in [0.5, 0.6) is 0 Å². The van der Waals surface area contributed by atoms with Gasteiger partial charge in [0.1, 0.15) is 17.5 Å². The quantitative estimate of drug-likeness (QED) is 0.749. The Hall–Kier alpha value is -3.21. The van der Waals surface area contributed by atoms with Crippen molar-refractivity contribution < 1.29 is 4.79 Å². The number of H-pyrrole nitrogens is 1. The smallest absolute Gasteiger partial charge is 0.223 e. The number of hydrogen-bond donors (Lipinski definition) is 1. The van der Waals surface area contributed by atoms with E-state index < -0.39 is 5.54 Å². The minimum Gasteiger partial charge on any atom is -0.346 e.